The van der Waals surface area contributed by atoms with Gasteiger partial charge in [0.1, 0.15) is 0 Å². The number of carbonyl (C=O) groups is 1. The van der Waals surface area contributed by atoms with Gasteiger partial charge in [0, 0.05) is 23.1 Å². The van der Waals surface area contributed by atoms with Gasteiger partial charge >= 0.3 is 5.97 Å². The zero-order valence-corrected chi connectivity index (χ0v) is 12.9. The summed E-state index contributed by atoms with van der Waals surface area (Å²) >= 11 is 0. The molecule has 4 heteroatoms. The number of para-hydroxylation sites is 1. The summed E-state index contributed by atoms with van der Waals surface area (Å²) in [5.74, 6) is -0.306. The first-order valence-corrected chi connectivity index (χ1v) is 7.79. The van der Waals surface area contributed by atoms with Crippen LogP contribution >= 0.6 is 0 Å². The van der Waals surface area contributed by atoms with E-state index in [4.69, 9.17) is 4.74 Å². The molecule has 1 aromatic heterocycles. The molecular formula is C19H18N2O2. The molecule has 0 amide bonds. The highest BCUT2D eigenvalue weighted by Gasteiger charge is 2.25. The molecule has 0 saturated carbocycles. The second kappa shape index (κ2) is 5.56. The number of esters is 1. The summed E-state index contributed by atoms with van der Waals surface area (Å²) in [7, 11) is 1.40. The maximum Gasteiger partial charge on any atom is 0.337 e. The van der Waals surface area contributed by atoms with Crippen molar-refractivity contribution in [2.45, 2.75) is 12.5 Å². The summed E-state index contributed by atoms with van der Waals surface area (Å²) in [5, 5.41) is 4.87. The quantitative estimate of drug-likeness (QED) is 0.715. The molecule has 2 N–H and O–H groups in total. The van der Waals surface area contributed by atoms with E-state index in [1.807, 2.05) is 24.3 Å². The van der Waals surface area contributed by atoms with Crippen LogP contribution in [0, 0.1) is 0 Å². The van der Waals surface area contributed by atoms with Gasteiger partial charge in [-0.05, 0) is 35.7 Å². The van der Waals surface area contributed by atoms with Gasteiger partial charge in [-0.15, -0.1) is 0 Å². The zero-order valence-electron chi connectivity index (χ0n) is 12.9. The lowest BCUT2D eigenvalue weighted by atomic mass is 9.94. The molecule has 3 aromatic rings. The highest BCUT2D eigenvalue weighted by atomic mass is 16.5. The standard InChI is InChI=1S/C19H18N2O2/c1-23-19(22)13-8-6-12(7-9-13)17-18-15(10-11-20-17)14-4-2-3-5-16(14)21-18/h2-9,17,20-21H,10-11H2,1H3. The topological polar surface area (TPSA) is 54.1 Å². The van der Waals surface area contributed by atoms with Crippen LogP contribution in [0.15, 0.2) is 48.5 Å². The summed E-state index contributed by atoms with van der Waals surface area (Å²) < 4.78 is 4.76. The molecule has 0 radical (unpaired) electrons. The molecule has 4 nitrogen and oxygen atoms in total. The monoisotopic (exact) mass is 306 g/mol. The highest BCUT2D eigenvalue weighted by Crippen LogP contribution is 2.33. The Labute approximate surface area is 134 Å². The van der Waals surface area contributed by atoms with Gasteiger partial charge in [-0.2, -0.15) is 0 Å². The first-order chi connectivity index (χ1) is 11.3. The lowest BCUT2D eigenvalue weighted by molar-refractivity contribution is 0.0600. The number of aromatic nitrogens is 1. The van der Waals surface area contributed by atoms with Gasteiger partial charge in [0.2, 0.25) is 0 Å². The van der Waals surface area contributed by atoms with E-state index >= 15 is 0 Å². The van der Waals surface area contributed by atoms with Crippen molar-refractivity contribution in [1.82, 2.24) is 10.3 Å². The van der Waals surface area contributed by atoms with Crippen LogP contribution in [0.2, 0.25) is 0 Å². The average Bonchev–Trinajstić information content (AvgIpc) is 3.00. The fourth-order valence-corrected chi connectivity index (χ4v) is 3.39. The number of nitrogens with one attached hydrogen (secondary N) is 2. The number of benzene rings is 2. The van der Waals surface area contributed by atoms with E-state index in [-0.39, 0.29) is 12.0 Å². The first kappa shape index (κ1) is 14.0. The van der Waals surface area contributed by atoms with Crippen molar-refractivity contribution in [1.29, 1.82) is 0 Å². The third-order valence-corrected chi connectivity index (χ3v) is 4.52. The summed E-state index contributed by atoms with van der Waals surface area (Å²) in [5.41, 5.74) is 5.51. The largest absolute Gasteiger partial charge is 0.465 e. The normalized spacial score (nSPS) is 17.0. The van der Waals surface area contributed by atoms with Gasteiger partial charge < -0.3 is 15.0 Å². The summed E-state index contributed by atoms with van der Waals surface area (Å²) in [6.07, 6.45) is 1.02. The van der Waals surface area contributed by atoms with Crippen molar-refractivity contribution in [3.05, 3.63) is 70.9 Å². The van der Waals surface area contributed by atoms with Crippen LogP contribution in [0.4, 0.5) is 0 Å². The number of rotatable bonds is 2. The van der Waals surface area contributed by atoms with Crippen molar-refractivity contribution in [3.8, 4) is 0 Å². The van der Waals surface area contributed by atoms with E-state index in [2.05, 4.69) is 34.6 Å². The van der Waals surface area contributed by atoms with Crippen molar-refractivity contribution in [3.63, 3.8) is 0 Å². The van der Waals surface area contributed by atoms with Crippen LogP contribution in [0.25, 0.3) is 10.9 Å². The fraction of sp³-hybridized carbons (Fsp3) is 0.211. The molecular weight excluding hydrogens is 288 g/mol. The van der Waals surface area contributed by atoms with Gasteiger partial charge in [0.25, 0.3) is 0 Å². The number of aromatic amines is 1. The summed E-state index contributed by atoms with van der Waals surface area (Å²) in [6.45, 7) is 0.943. The van der Waals surface area contributed by atoms with Gasteiger partial charge in [-0.1, -0.05) is 30.3 Å². The molecule has 0 spiro atoms. The van der Waals surface area contributed by atoms with Crippen molar-refractivity contribution < 1.29 is 9.53 Å². The minimum atomic E-state index is -0.306. The maximum atomic E-state index is 11.6. The SMILES string of the molecule is COC(=O)c1ccc(C2NCCc3c2[nH]c2ccccc32)cc1. The molecule has 4 rings (SSSR count). The van der Waals surface area contributed by atoms with Gasteiger partial charge in [0.15, 0.2) is 0 Å². The zero-order chi connectivity index (χ0) is 15.8. The molecule has 1 unspecified atom stereocenters. The van der Waals surface area contributed by atoms with E-state index in [1.165, 1.54) is 29.3 Å². The Morgan fingerprint density at radius 2 is 1.91 bits per heavy atom. The Kier molecular flexibility index (Phi) is 3.39. The molecule has 2 heterocycles. The van der Waals surface area contributed by atoms with E-state index in [0.29, 0.717) is 5.56 Å². The number of H-pyrrole nitrogens is 1. The predicted molar refractivity (Wildman–Crippen MR) is 89.6 cm³/mol. The molecule has 0 saturated heterocycles. The molecule has 23 heavy (non-hydrogen) atoms. The Balaban J connectivity index is 1.75. The molecule has 1 aliphatic rings. The third kappa shape index (κ3) is 2.32. The lowest BCUT2D eigenvalue weighted by Crippen LogP contribution is -2.30. The molecule has 1 aliphatic heterocycles. The van der Waals surface area contributed by atoms with Crippen LogP contribution in [0.1, 0.15) is 33.2 Å². The number of methoxy groups -OCH3 is 1. The minimum absolute atomic E-state index is 0.123. The molecule has 0 aliphatic carbocycles. The van der Waals surface area contributed by atoms with Crippen molar-refractivity contribution in [2.24, 2.45) is 0 Å². The third-order valence-electron chi connectivity index (χ3n) is 4.52. The Morgan fingerprint density at radius 3 is 2.70 bits per heavy atom. The van der Waals surface area contributed by atoms with Crippen LogP contribution in [0.3, 0.4) is 0 Å². The number of hydrogen-bond acceptors (Lipinski definition) is 3. The Hall–Kier alpha value is -2.59. The second-order valence-corrected chi connectivity index (χ2v) is 5.81. The number of ether oxygens (including phenoxy) is 1. The summed E-state index contributed by atoms with van der Waals surface area (Å²) in [4.78, 5) is 15.1. The highest BCUT2D eigenvalue weighted by molar-refractivity contribution is 5.89. The molecule has 2 aromatic carbocycles. The van der Waals surface area contributed by atoms with E-state index < -0.39 is 0 Å². The molecule has 116 valence electrons. The fourth-order valence-electron chi connectivity index (χ4n) is 3.39. The van der Waals surface area contributed by atoms with Crippen LogP contribution in [-0.4, -0.2) is 24.6 Å². The lowest BCUT2D eigenvalue weighted by Gasteiger charge is -2.25. The second-order valence-electron chi connectivity index (χ2n) is 5.81. The predicted octanol–water partition coefficient (Wildman–Crippen LogP) is 3.19. The molecule has 1 atom stereocenters. The molecule has 0 bridgehead atoms. The van der Waals surface area contributed by atoms with Crippen molar-refractivity contribution in [2.75, 3.05) is 13.7 Å². The minimum Gasteiger partial charge on any atom is -0.465 e. The van der Waals surface area contributed by atoms with Crippen LogP contribution in [0.5, 0.6) is 0 Å². The first-order valence-electron chi connectivity index (χ1n) is 7.79. The van der Waals surface area contributed by atoms with Crippen LogP contribution < -0.4 is 5.32 Å². The van der Waals surface area contributed by atoms with E-state index in [9.17, 15) is 4.79 Å². The van der Waals surface area contributed by atoms with Gasteiger partial charge in [0.05, 0.1) is 18.7 Å². The number of hydrogen-bond donors (Lipinski definition) is 2. The number of carbonyl (C=O) groups excluding carboxylic acids is 1. The molecule has 0 fully saturated rings. The Morgan fingerprint density at radius 1 is 1.13 bits per heavy atom. The van der Waals surface area contributed by atoms with Gasteiger partial charge in [-0.3, -0.25) is 0 Å². The maximum absolute atomic E-state index is 11.6. The van der Waals surface area contributed by atoms with Crippen molar-refractivity contribution >= 4 is 16.9 Å². The van der Waals surface area contributed by atoms with Crippen LogP contribution in [-0.2, 0) is 11.2 Å². The summed E-state index contributed by atoms with van der Waals surface area (Å²) in [6, 6.07) is 16.2. The van der Waals surface area contributed by atoms with E-state index in [1.54, 1.807) is 0 Å². The average molecular weight is 306 g/mol. The number of fused-ring (bicyclic) bond motifs is 3. The van der Waals surface area contributed by atoms with Gasteiger partial charge in [-0.25, -0.2) is 4.79 Å². The van der Waals surface area contributed by atoms with E-state index in [0.717, 1.165) is 18.5 Å². The Bertz CT molecular complexity index is 865. The smallest absolute Gasteiger partial charge is 0.337 e.